The summed E-state index contributed by atoms with van der Waals surface area (Å²) >= 11 is 0. The number of hydrogen-bond acceptors (Lipinski definition) is 3. The summed E-state index contributed by atoms with van der Waals surface area (Å²) < 4.78 is 0. The second-order valence-electron chi connectivity index (χ2n) is 6.76. The maximum Gasteiger partial charge on any atom is 0.0334 e. The average Bonchev–Trinajstić information content (AvgIpc) is 2.92. The largest absolute Gasteiger partial charge is 0.329 e. The molecule has 0 aromatic carbocycles. The number of hydrogen-bond donors (Lipinski definition) is 1. The van der Waals surface area contributed by atoms with Gasteiger partial charge in [-0.3, -0.25) is 4.90 Å². The van der Waals surface area contributed by atoms with Crippen LogP contribution in [-0.4, -0.2) is 54.6 Å². The third-order valence-corrected chi connectivity index (χ3v) is 5.38. The number of nitrogens with two attached hydrogens (primary N) is 1. The standard InChI is InChI=1S/C16H33N3/c1-3-19(12-11-18-9-4-5-10-18)16(14-17)8-6-7-15(2)13-16/h15H,3-14,17H2,1-2H3. The highest BCUT2D eigenvalue weighted by Crippen LogP contribution is 2.36. The van der Waals surface area contributed by atoms with Crippen molar-refractivity contribution >= 4 is 0 Å². The number of likely N-dealkylation sites (tertiary alicyclic amines) is 1. The minimum Gasteiger partial charge on any atom is -0.329 e. The molecule has 2 unspecified atom stereocenters. The molecule has 1 saturated carbocycles. The van der Waals surface area contributed by atoms with E-state index in [0.29, 0.717) is 5.54 Å². The zero-order valence-corrected chi connectivity index (χ0v) is 13.0. The van der Waals surface area contributed by atoms with Gasteiger partial charge in [0.1, 0.15) is 0 Å². The van der Waals surface area contributed by atoms with Gasteiger partial charge in [-0.15, -0.1) is 0 Å². The predicted molar refractivity (Wildman–Crippen MR) is 82.3 cm³/mol. The Morgan fingerprint density at radius 1 is 1.26 bits per heavy atom. The van der Waals surface area contributed by atoms with E-state index in [2.05, 4.69) is 23.6 Å². The summed E-state index contributed by atoms with van der Waals surface area (Å²) in [6.07, 6.45) is 8.15. The first-order chi connectivity index (χ1) is 9.20. The van der Waals surface area contributed by atoms with Crippen molar-refractivity contribution in [1.82, 2.24) is 9.80 Å². The first-order valence-electron chi connectivity index (χ1n) is 8.37. The summed E-state index contributed by atoms with van der Waals surface area (Å²) in [6, 6.07) is 0. The Bertz CT molecular complexity index is 263. The molecule has 0 aromatic heterocycles. The van der Waals surface area contributed by atoms with Crippen LogP contribution in [0.15, 0.2) is 0 Å². The van der Waals surface area contributed by atoms with E-state index in [-0.39, 0.29) is 0 Å². The molecule has 0 bridgehead atoms. The van der Waals surface area contributed by atoms with Crippen LogP contribution in [0.25, 0.3) is 0 Å². The topological polar surface area (TPSA) is 32.5 Å². The molecule has 19 heavy (non-hydrogen) atoms. The minimum absolute atomic E-state index is 0.298. The zero-order chi connectivity index (χ0) is 13.7. The summed E-state index contributed by atoms with van der Waals surface area (Å²) in [7, 11) is 0. The lowest BCUT2D eigenvalue weighted by molar-refractivity contribution is 0.0370. The molecule has 0 spiro atoms. The smallest absolute Gasteiger partial charge is 0.0334 e. The molecule has 2 rings (SSSR count). The molecular formula is C16H33N3. The predicted octanol–water partition coefficient (Wildman–Crippen LogP) is 2.31. The first kappa shape index (κ1) is 15.3. The van der Waals surface area contributed by atoms with Gasteiger partial charge in [-0.1, -0.05) is 26.7 Å². The molecule has 2 fully saturated rings. The van der Waals surface area contributed by atoms with Gasteiger partial charge < -0.3 is 10.6 Å². The van der Waals surface area contributed by atoms with Gasteiger partial charge in [-0.2, -0.15) is 0 Å². The van der Waals surface area contributed by atoms with Crippen LogP contribution in [0.3, 0.4) is 0 Å². The molecule has 0 amide bonds. The molecule has 2 aliphatic rings. The molecule has 0 radical (unpaired) electrons. The highest BCUT2D eigenvalue weighted by atomic mass is 15.2. The number of likely N-dealkylation sites (N-methyl/N-ethyl adjacent to an activating group) is 1. The lowest BCUT2D eigenvalue weighted by atomic mass is 9.75. The van der Waals surface area contributed by atoms with Gasteiger partial charge in [0.15, 0.2) is 0 Å². The van der Waals surface area contributed by atoms with E-state index in [4.69, 9.17) is 5.73 Å². The van der Waals surface area contributed by atoms with Crippen molar-refractivity contribution in [3.63, 3.8) is 0 Å². The fourth-order valence-corrected chi connectivity index (χ4v) is 4.23. The van der Waals surface area contributed by atoms with Crippen LogP contribution in [0.4, 0.5) is 0 Å². The Balaban J connectivity index is 1.92. The molecule has 1 saturated heterocycles. The van der Waals surface area contributed by atoms with Crippen molar-refractivity contribution in [3.8, 4) is 0 Å². The molecule has 1 heterocycles. The van der Waals surface area contributed by atoms with Gasteiger partial charge in [0, 0.05) is 25.2 Å². The Hall–Kier alpha value is -0.120. The van der Waals surface area contributed by atoms with Gasteiger partial charge >= 0.3 is 0 Å². The Kier molecular flexibility index (Phi) is 5.67. The van der Waals surface area contributed by atoms with Crippen molar-refractivity contribution in [1.29, 1.82) is 0 Å². The monoisotopic (exact) mass is 267 g/mol. The van der Waals surface area contributed by atoms with Gasteiger partial charge in [-0.05, 0) is 51.2 Å². The van der Waals surface area contributed by atoms with Crippen LogP contribution in [0.1, 0.15) is 52.4 Å². The average molecular weight is 267 g/mol. The summed E-state index contributed by atoms with van der Waals surface area (Å²) in [5, 5.41) is 0. The molecule has 0 aromatic rings. The van der Waals surface area contributed by atoms with E-state index < -0.39 is 0 Å². The number of rotatable bonds is 6. The van der Waals surface area contributed by atoms with E-state index in [1.807, 2.05) is 0 Å². The van der Waals surface area contributed by atoms with Crippen LogP contribution in [0.5, 0.6) is 0 Å². The molecular weight excluding hydrogens is 234 g/mol. The maximum atomic E-state index is 6.21. The van der Waals surface area contributed by atoms with Crippen molar-refractivity contribution < 1.29 is 0 Å². The highest BCUT2D eigenvalue weighted by molar-refractivity contribution is 4.96. The van der Waals surface area contributed by atoms with Crippen molar-refractivity contribution in [2.45, 2.75) is 57.9 Å². The van der Waals surface area contributed by atoms with Crippen molar-refractivity contribution in [2.75, 3.05) is 39.3 Å². The van der Waals surface area contributed by atoms with Crippen molar-refractivity contribution in [3.05, 3.63) is 0 Å². The van der Waals surface area contributed by atoms with Crippen molar-refractivity contribution in [2.24, 2.45) is 11.7 Å². The summed E-state index contributed by atoms with van der Waals surface area (Å²) in [4.78, 5) is 5.32. The first-order valence-corrected chi connectivity index (χ1v) is 8.37. The van der Waals surface area contributed by atoms with E-state index in [0.717, 1.165) is 19.0 Å². The maximum absolute atomic E-state index is 6.21. The third kappa shape index (κ3) is 3.71. The van der Waals surface area contributed by atoms with E-state index in [1.165, 1.54) is 64.7 Å². The van der Waals surface area contributed by atoms with Gasteiger partial charge in [-0.25, -0.2) is 0 Å². The third-order valence-electron chi connectivity index (χ3n) is 5.38. The van der Waals surface area contributed by atoms with Gasteiger partial charge in [0.2, 0.25) is 0 Å². The van der Waals surface area contributed by atoms with Gasteiger partial charge in [0.05, 0.1) is 0 Å². The van der Waals surface area contributed by atoms with Gasteiger partial charge in [0.25, 0.3) is 0 Å². The second kappa shape index (κ2) is 7.05. The fourth-order valence-electron chi connectivity index (χ4n) is 4.23. The van der Waals surface area contributed by atoms with Crippen LogP contribution in [0.2, 0.25) is 0 Å². The molecule has 2 N–H and O–H groups in total. The SMILES string of the molecule is CCN(CCN1CCCC1)C1(CN)CCCC(C)C1. The Morgan fingerprint density at radius 2 is 2.00 bits per heavy atom. The molecule has 3 heteroatoms. The summed E-state index contributed by atoms with van der Waals surface area (Å²) in [6.45, 7) is 11.8. The Morgan fingerprint density at radius 3 is 2.58 bits per heavy atom. The van der Waals surface area contributed by atoms with E-state index >= 15 is 0 Å². The molecule has 1 aliphatic heterocycles. The molecule has 112 valence electrons. The van der Waals surface area contributed by atoms with E-state index in [1.54, 1.807) is 0 Å². The summed E-state index contributed by atoms with van der Waals surface area (Å²) in [5.74, 6) is 0.845. The molecule has 3 nitrogen and oxygen atoms in total. The van der Waals surface area contributed by atoms with Crippen LogP contribution < -0.4 is 5.73 Å². The zero-order valence-electron chi connectivity index (χ0n) is 13.0. The van der Waals surface area contributed by atoms with Crippen LogP contribution >= 0.6 is 0 Å². The normalized spacial score (nSPS) is 33.2. The highest BCUT2D eigenvalue weighted by Gasteiger charge is 2.38. The lowest BCUT2D eigenvalue weighted by Crippen LogP contribution is -2.57. The second-order valence-corrected chi connectivity index (χ2v) is 6.76. The van der Waals surface area contributed by atoms with Crippen LogP contribution in [0, 0.1) is 5.92 Å². The quantitative estimate of drug-likeness (QED) is 0.801. The lowest BCUT2D eigenvalue weighted by Gasteiger charge is -2.48. The molecule has 1 aliphatic carbocycles. The molecule has 2 atom stereocenters. The Labute approximate surface area is 119 Å². The number of nitrogens with zero attached hydrogens (tertiary/aromatic N) is 2. The van der Waals surface area contributed by atoms with E-state index in [9.17, 15) is 0 Å². The van der Waals surface area contributed by atoms with Crippen LogP contribution in [-0.2, 0) is 0 Å². The summed E-state index contributed by atoms with van der Waals surface area (Å²) in [5.41, 5.74) is 6.50. The minimum atomic E-state index is 0.298. The fraction of sp³-hybridized carbons (Fsp3) is 1.00.